The quantitative estimate of drug-likeness (QED) is 0.751. The number of hydrogen-bond acceptors (Lipinski definition) is 2. The van der Waals surface area contributed by atoms with Gasteiger partial charge in [-0.25, -0.2) is 0 Å². The lowest BCUT2D eigenvalue weighted by molar-refractivity contribution is -0.0545. The molecule has 0 aromatic heterocycles. The maximum Gasteiger partial charge on any atom is 0.127 e. The van der Waals surface area contributed by atoms with Gasteiger partial charge >= 0.3 is 0 Å². The predicted octanol–water partition coefficient (Wildman–Crippen LogP) is 4.30. The van der Waals surface area contributed by atoms with Gasteiger partial charge in [0.25, 0.3) is 0 Å². The van der Waals surface area contributed by atoms with Gasteiger partial charge in [0.05, 0.1) is 0 Å². The van der Waals surface area contributed by atoms with E-state index in [1.54, 1.807) is 7.11 Å². The van der Waals surface area contributed by atoms with Crippen molar-refractivity contribution in [1.82, 2.24) is 0 Å². The van der Waals surface area contributed by atoms with Crippen LogP contribution in [0.15, 0.2) is 24.3 Å². The monoisotopic (exact) mass is 326 g/mol. The molecule has 1 aromatic rings. The summed E-state index contributed by atoms with van der Waals surface area (Å²) in [5, 5.41) is 0. The molecule has 0 heterocycles. The van der Waals surface area contributed by atoms with E-state index in [0.717, 1.165) is 18.6 Å². The number of hydrogen-bond donors (Lipinski definition) is 0. The highest BCUT2D eigenvalue weighted by atomic mass is 79.9. The lowest BCUT2D eigenvalue weighted by atomic mass is 9.82. The number of rotatable bonds is 5. The summed E-state index contributed by atoms with van der Waals surface area (Å²) >= 11 is 3.58. The van der Waals surface area contributed by atoms with Gasteiger partial charge in [0.15, 0.2) is 0 Å². The molecule has 0 amide bonds. The Balaban J connectivity index is 2.00. The van der Waals surface area contributed by atoms with E-state index in [0.29, 0.717) is 4.83 Å². The van der Waals surface area contributed by atoms with Crippen molar-refractivity contribution >= 4 is 15.9 Å². The average molecular weight is 327 g/mol. The minimum atomic E-state index is 0.159. The first-order valence-corrected chi connectivity index (χ1v) is 7.83. The van der Waals surface area contributed by atoms with Crippen molar-refractivity contribution in [1.29, 1.82) is 0 Å². The van der Waals surface area contributed by atoms with Crippen LogP contribution in [0.5, 0.6) is 5.75 Å². The van der Waals surface area contributed by atoms with E-state index in [2.05, 4.69) is 61.0 Å². The largest absolute Gasteiger partial charge is 0.488 e. The van der Waals surface area contributed by atoms with Crippen molar-refractivity contribution < 1.29 is 9.47 Å². The van der Waals surface area contributed by atoms with E-state index in [1.165, 1.54) is 5.56 Å². The SMILES string of the molecule is CCC(C)(C)c1ccc(OC2CC(Br)C2OC)cc1. The van der Waals surface area contributed by atoms with Gasteiger partial charge in [0, 0.05) is 18.4 Å². The summed E-state index contributed by atoms with van der Waals surface area (Å²) in [5.41, 5.74) is 1.59. The van der Waals surface area contributed by atoms with E-state index in [1.807, 2.05) is 0 Å². The summed E-state index contributed by atoms with van der Waals surface area (Å²) < 4.78 is 11.4. The molecule has 1 fully saturated rings. The topological polar surface area (TPSA) is 18.5 Å². The van der Waals surface area contributed by atoms with Crippen LogP contribution < -0.4 is 4.74 Å². The minimum Gasteiger partial charge on any atom is -0.488 e. The number of ether oxygens (including phenoxy) is 2. The van der Waals surface area contributed by atoms with Gasteiger partial charge in [-0.05, 0) is 29.5 Å². The van der Waals surface area contributed by atoms with Gasteiger partial charge in [-0.3, -0.25) is 0 Å². The first kappa shape index (κ1) is 14.9. The van der Waals surface area contributed by atoms with Crippen LogP contribution in [0.1, 0.15) is 39.2 Å². The molecule has 0 N–H and O–H groups in total. The Morgan fingerprint density at radius 3 is 2.37 bits per heavy atom. The summed E-state index contributed by atoms with van der Waals surface area (Å²) in [6, 6.07) is 8.48. The summed E-state index contributed by atoms with van der Waals surface area (Å²) in [6.45, 7) is 6.76. The van der Waals surface area contributed by atoms with Crippen LogP contribution in [-0.4, -0.2) is 24.1 Å². The lowest BCUT2D eigenvalue weighted by Gasteiger charge is -2.40. The van der Waals surface area contributed by atoms with Gasteiger partial charge in [0.2, 0.25) is 0 Å². The number of benzene rings is 1. The summed E-state index contributed by atoms with van der Waals surface area (Å²) in [4.78, 5) is 0.417. The van der Waals surface area contributed by atoms with Gasteiger partial charge in [0.1, 0.15) is 18.0 Å². The molecule has 0 saturated heterocycles. The zero-order valence-corrected chi connectivity index (χ0v) is 13.7. The molecule has 1 aromatic carbocycles. The Hall–Kier alpha value is -0.540. The van der Waals surface area contributed by atoms with E-state index < -0.39 is 0 Å². The van der Waals surface area contributed by atoms with Gasteiger partial charge in [-0.15, -0.1) is 0 Å². The zero-order valence-electron chi connectivity index (χ0n) is 12.2. The van der Waals surface area contributed by atoms with Crippen LogP contribution in [0.25, 0.3) is 0 Å². The molecule has 1 saturated carbocycles. The second kappa shape index (κ2) is 5.84. The molecule has 2 nitrogen and oxygen atoms in total. The molecular formula is C16H23BrO2. The Morgan fingerprint density at radius 2 is 1.89 bits per heavy atom. The Bertz CT molecular complexity index is 413. The molecule has 0 spiro atoms. The molecule has 106 valence electrons. The van der Waals surface area contributed by atoms with E-state index in [9.17, 15) is 0 Å². The van der Waals surface area contributed by atoms with Crippen molar-refractivity contribution in [2.24, 2.45) is 0 Å². The smallest absolute Gasteiger partial charge is 0.127 e. The van der Waals surface area contributed by atoms with Crippen molar-refractivity contribution in [3.8, 4) is 5.75 Å². The highest BCUT2D eigenvalue weighted by molar-refractivity contribution is 9.09. The fourth-order valence-electron chi connectivity index (χ4n) is 2.31. The van der Waals surface area contributed by atoms with E-state index >= 15 is 0 Å². The van der Waals surface area contributed by atoms with Crippen LogP contribution in [0.4, 0.5) is 0 Å². The molecular weight excluding hydrogens is 304 g/mol. The van der Waals surface area contributed by atoms with E-state index in [-0.39, 0.29) is 17.6 Å². The Labute approximate surface area is 124 Å². The first-order valence-electron chi connectivity index (χ1n) is 6.92. The highest BCUT2D eigenvalue weighted by Gasteiger charge is 2.41. The van der Waals surface area contributed by atoms with Crippen molar-refractivity contribution in [2.45, 2.75) is 56.1 Å². The normalized spacial score (nSPS) is 26.9. The number of alkyl halides is 1. The van der Waals surface area contributed by atoms with Crippen LogP contribution in [-0.2, 0) is 10.2 Å². The maximum atomic E-state index is 5.97. The molecule has 0 aliphatic heterocycles. The summed E-state index contributed by atoms with van der Waals surface area (Å²) in [5.74, 6) is 0.933. The third kappa shape index (κ3) is 3.14. The van der Waals surface area contributed by atoms with Crippen LogP contribution in [0.2, 0.25) is 0 Å². The lowest BCUT2D eigenvalue weighted by Crippen LogP contribution is -2.51. The van der Waals surface area contributed by atoms with Gasteiger partial charge < -0.3 is 9.47 Å². The standard InChI is InChI=1S/C16H23BrO2/c1-5-16(2,3)11-6-8-12(9-7-11)19-14-10-13(17)15(14)18-4/h6-9,13-15H,5,10H2,1-4H3. The fraction of sp³-hybridized carbons (Fsp3) is 0.625. The molecule has 3 atom stereocenters. The molecule has 0 radical (unpaired) electrons. The minimum absolute atomic E-state index is 0.159. The van der Waals surface area contributed by atoms with Crippen molar-refractivity contribution in [3.05, 3.63) is 29.8 Å². The van der Waals surface area contributed by atoms with Crippen LogP contribution in [0, 0.1) is 0 Å². The molecule has 3 unspecified atom stereocenters. The second-order valence-electron chi connectivity index (χ2n) is 5.87. The molecule has 2 rings (SSSR count). The molecule has 1 aliphatic rings. The summed E-state index contributed by atoms with van der Waals surface area (Å²) in [6.07, 6.45) is 2.46. The third-order valence-electron chi connectivity index (χ3n) is 4.26. The fourth-order valence-corrected chi connectivity index (χ4v) is 3.23. The highest BCUT2D eigenvalue weighted by Crippen LogP contribution is 2.34. The summed E-state index contributed by atoms with van der Waals surface area (Å²) in [7, 11) is 1.74. The number of halogens is 1. The van der Waals surface area contributed by atoms with E-state index in [4.69, 9.17) is 9.47 Å². The molecule has 1 aliphatic carbocycles. The zero-order chi connectivity index (χ0) is 14.0. The van der Waals surface area contributed by atoms with Crippen molar-refractivity contribution in [3.63, 3.8) is 0 Å². The van der Waals surface area contributed by atoms with Crippen LogP contribution in [0.3, 0.4) is 0 Å². The molecule has 0 bridgehead atoms. The maximum absolute atomic E-state index is 5.97. The van der Waals surface area contributed by atoms with Gasteiger partial charge in [-0.1, -0.05) is 48.8 Å². The Kier molecular flexibility index (Phi) is 4.57. The molecule has 3 heteroatoms. The van der Waals surface area contributed by atoms with Crippen molar-refractivity contribution in [2.75, 3.05) is 7.11 Å². The average Bonchev–Trinajstić information content (AvgIpc) is 2.39. The third-order valence-corrected chi connectivity index (χ3v) is 5.15. The predicted molar refractivity (Wildman–Crippen MR) is 82.3 cm³/mol. The molecule has 19 heavy (non-hydrogen) atoms. The first-order chi connectivity index (χ1) is 8.97. The Morgan fingerprint density at radius 1 is 1.26 bits per heavy atom. The van der Waals surface area contributed by atoms with Crippen LogP contribution >= 0.6 is 15.9 Å². The van der Waals surface area contributed by atoms with Gasteiger partial charge in [-0.2, -0.15) is 0 Å². The number of methoxy groups -OCH3 is 1. The second-order valence-corrected chi connectivity index (χ2v) is 7.05.